The van der Waals surface area contributed by atoms with Crippen LogP contribution in [0.15, 0.2) is 12.7 Å². The second-order valence-electron chi connectivity index (χ2n) is 1.64. The summed E-state index contributed by atoms with van der Waals surface area (Å²) in [5, 5.41) is 2.42. The molecule has 0 heterocycles. The van der Waals surface area contributed by atoms with Crippen molar-refractivity contribution in [3.05, 3.63) is 12.7 Å². The lowest BCUT2D eigenvalue weighted by atomic mass is 10.5. The van der Waals surface area contributed by atoms with E-state index in [0.717, 1.165) is 6.08 Å². The molecule has 0 saturated carbocycles. The van der Waals surface area contributed by atoms with Crippen LogP contribution in [0, 0.1) is 0 Å². The van der Waals surface area contributed by atoms with Crippen molar-refractivity contribution in [3.63, 3.8) is 0 Å². The molecule has 0 saturated heterocycles. The summed E-state index contributed by atoms with van der Waals surface area (Å²) in [7, 11) is 0. The van der Waals surface area contributed by atoms with E-state index in [9.17, 15) is 9.00 Å². The summed E-state index contributed by atoms with van der Waals surface area (Å²) in [5.41, 5.74) is 0. The molecule has 6 heteroatoms. The van der Waals surface area contributed by atoms with E-state index >= 15 is 0 Å². The highest BCUT2D eigenvalue weighted by atomic mass is 32.2. The van der Waals surface area contributed by atoms with Crippen molar-refractivity contribution in [2.75, 3.05) is 13.1 Å². The molecule has 11 heavy (non-hydrogen) atoms. The third kappa shape index (κ3) is 7.17. The highest BCUT2D eigenvalue weighted by Crippen LogP contribution is 1.66. The van der Waals surface area contributed by atoms with E-state index in [-0.39, 0.29) is 12.5 Å². The average molecular weight is 178 g/mol. The zero-order valence-corrected chi connectivity index (χ0v) is 6.69. The Hall–Kier alpha value is -0.720. The Morgan fingerprint density at radius 1 is 1.64 bits per heavy atom. The van der Waals surface area contributed by atoms with Crippen LogP contribution in [0.3, 0.4) is 0 Å². The lowest BCUT2D eigenvalue weighted by Crippen LogP contribution is -2.31. The van der Waals surface area contributed by atoms with Crippen molar-refractivity contribution < 1.29 is 13.6 Å². The molecular formula is C5H10N2O3S. The summed E-state index contributed by atoms with van der Waals surface area (Å²) < 4.78 is 20.4. The SMILES string of the molecule is C=CC(=O)NCCNS(=O)O. The molecule has 0 aliphatic rings. The van der Waals surface area contributed by atoms with Crippen LogP contribution in [-0.4, -0.2) is 27.8 Å². The van der Waals surface area contributed by atoms with Crippen molar-refractivity contribution in [3.8, 4) is 0 Å². The van der Waals surface area contributed by atoms with Gasteiger partial charge in [0, 0.05) is 13.1 Å². The second kappa shape index (κ2) is 6.02. The van der Waals surface area contributed by atoms with Crippen molar-refractivity contribution in [2.45, 2.75) is 0 Å². The van der Waals surface area contributed by atoms with Gasteiger partial charge in [0.2, 0.25) is 17.2 Å². The third-order valence-corrected chi connectivity index (χ3v) is 1.29. The lowest BCUT2D eigenvalue weighted by Gasteiger charge is -2.00. The van der Waals surface area contributed by atoms with E-state index in [1.807, 2.05) is 0 Å². The maximum absolute atomic E-state index is 10.5. The van der Waals surface area contributed by atoms with Gasteiger partial charge in [-0.05, 0) is 6.08 Å². The zero-order valence-electron chi connectivity index (χ0n) is 5.87. The van der Waals surface area contributed by atoms with Crippen LogP contribution in [0.2, 0.25) is 0 Å². The summed E-state index contributed by atoms with van der Waals surface area (Å²) in [6.07, 6.45) is 1.13. The predicted molar refractivity (Wildman–Crippen MR) is 42.0 cm³/mol. The van der Waals surface area contributed by atoms with E-state index in [0.29, 0.717) is 6.54 Å². The fraction of sp³-hybridized carbons (Fsp3) is 0.400. The fourth-order valence-corrected chi connectivity index (χ4v) is 0.673. The summed E-state index contributed by atoms with van der Waals surface area (Å²) in [5.74, 6) is -0.296. The predicted octanol–water partition coefficient (Wildman–Crippen LogP) is -0.985. The number of rotatable bonds is 5. The van der Waals surface area contributed by atoms with E-state index in [1.54, 1.807) is 0 Å². The van der Waals surface area contributed by atoms with Crippen molar-refractivity contribution in [1.29, 1.82) is 0 Å². The molecule has 0 aliphatic carbocycles. The molecule has 0 rings (SSSR count). The molecule has 3 N–H and O–H groups in total. The maximum Gasteiger partial charge on any atom is 0.243 e. The van der Waals surface area contributed by atoms with Crippen LogP contribution in [-0.2, 0) is 16.1 Å². The Kier molecular flexibility index (Phi) is 5.63. The van der Waals surface area contributed by atoms with Gasteiger partial charge in [-0.25, -0.2) is 8.93 Å². The van der Waals surface area contributed by atoms with Gasteiger partial charge >= 0.3 is 0 Å². The molecule has 1 unspecified atom stereocenters. The minimum Gasteiger partial charge on any atom is -0.351 e. The van der Waals surface area contributed by atoms with Crippen molar-refractivity contribution in [2.24, 2.45) is 0 Å². The Bertz CT molecular complexity index is 171. The molecule has 64 valence electrons. The quantitative estimate of drug-likeness (QED) is 0.287. The number of carbonyl (C=O) groups excluding carboxylic acids is 1. The standard InChI is InChI=1S/C5H10N2O3S/c1-2-5(8)6-3-4-7-11(9)10/h2,7H,1,3-4H2,(H,6,8)(H,9,10). The minimum atomic E-state index is -2.01. The summed E-state index contributed by atoms with van der Waals surface area (Å²) in [6, 6.07) is 0. The molecule has 0 aromatic rings. The first kappa shape index (κ1) is 10.3. The van der Waals surface area contributed by atoms with E-state index in [2.05, 4.69) is 16.6 Å². The summed E-state index contributed by atoms with van der Waals surface area (Å²) in [6.45, 7) is 3.79. The number of amides is 1. The Morgan fingerprint density at radius 3 is 2.73 bits per heavy atom. The topological polar surface area (TPSA) is 78.4 Å². The second-order valence-corrected chi connectivity index (χ2v) is 2.43. The molecule has 0 fully saturated rings. The van der Waals surface area contributed by atoms with Gasteiger partial charge in [0.15, 0.2) is 0 Å². The van der Waals surface area contributed by atoms with Crippen LogP contribution in [0.4, 0.5) is 0 Å². The van der Waals surface area contributed by atoms with E-state index in [1.165, 1.54) is 0 Å². The molecule has 0 bridgehead atoms. The minimum absolute atomic E-state index is 0.253. The Morgan fingerprint density at radius 2 is 2.27 bits per heavy atom. The highest BCUT2D eigenvalue weighted by Gasteiger charge is 1.93. The van der Waals surface area contributed by atoms with E-state index < -0.39 is 11.3 Å². The third-order valence-electron chi connectivity index (χ3n) is 0.835. The first-order valence-corrected chi connectivity index (χ1v) is 4.02. The Labute approximate surface area is 67.3 Å². The largest absolute Gasteiger partial charge is 0.351 e. The summed E-state index contributed by atoms with van der Waals surface area (Å²) in [4.78, 5) is 10.5. The van der Waals surface area contributed by atoms with Crippen LogP contribution in [0.5, 0.6) is 0 Å². The first-order chi connectivity index (χ1) is 5.16. The summed E-state index contributed by atoms with van der Waals surface area (Å²) >= 11 is -2.01. The number of nitrogens with one attached hydrogen (secondary N) is 2. The molecular weight excluding hydrogens is 168 g/mol. The van der Waals surface area contributed by atoms with Gasteiger partial charge < -0.3 is 5.32 Å². The molecule has 0 radical (unpaired) electrons. The molecule has 0 spiro atoms. The Balaban J connectivity index is 3.21. The van der Waals surface area contributed by atoms with Gasteiger partial charge in [-0.3, -0.25) is 9.35 Å². The van der Waals surface area contributed by atoms with Crippen molar-refractivity contribution in [1.82, 2.24) is 10.0 Å². The van der Waals surface area contributed by atoms with Crippen molar-refractivity contribution >= 4 is 17.2 Å². The lowest BCUT2D eigenvalue weighted by molar-refractivity contribution is -0.116. The molecule has 1 atom stereocenters. The van der Waals surface area contributed by atoms with Crippen LogP contribution in [0.1, 0.15) is 0 Å². The van der Waals surface area contributed by atoms with Crippen LogP contribution < -0.4 is 10.0 Å². The zero-order chi connectivity index (χ0) is 8.69. The van der Waals surface area contributed by atoms with Gasteiger partial charge in [-0.2, -0.15) is 0 Å². The molecule has 0 aromatic carbocycles. The van der Waals surface area contributed by atoms with E-state index in [4.69, 9.17) is 4.55 Å². The number of hydrogen-bond donors (Lipinski definition) is 3. The number of carbonyl (C=O) groups is 1. The highest BCUT2D eigenvalue weighted by molar-refractivity contribution is 7.77. The first-order valence-electron chi connectivity index (χ1n) is 2.91. The van der Waals surface area contributed by atoms with Crippen LogP contribution in [0.25, 0.3) is 0 Å². The molecule has 5 nitrogen and oxygen atoms in total. The monoisotopic (exact) mass is 178 g/mol. The molecule has 0 aromatic heterocycles. The molecule has 1 amide bonds. The smallest absolute Gasteiger partial charge is 0.243 e. The van der Waals surface area contributed by atoms with Gasteiger partial charge in [0.1, 0.15) is 0 Å². The van der Waals surface area contributed by atoms with Crippen LogP contribution >= 0.6 is 0 Å². The van der Waals surface area contributed by atoms with Gasteiger partial charge in [0.05, 0.1) is 0 Å². The van der Waals surface area contributed by atoms with Gasteiger partial charge in [0.25, 0.3) is 0 Å². The van der Waals surface area contributed by atoms with Gasteiger partial charge in [-0.1, -0.05) is 6.58 Å². The number of hydrogen-bond acceptors (Lipinski definition) is 2. The maximum atomic E-state index is 10.5. The van der Waals surface area contributed by atoms with Gasteiger partial charge in [-0.15, -0.1) is 0 Å². The molecule has 0 aliphatic heterocycles. The average Bonchev–Trinajstić information content (AvgIpc) is 1.97. The fourth-order valence-electron chi connectivity index (χ4n) is 0.396. The normalized spacial score (nSPS) is 12.1.